The molecular weight excluding hydrogens is 310 g/mol. The minimum absolute atomic E-state index is 0.157. The van der Waals surface area contributed by atoms with Crippen LogP contribution in [0.25, 0.3) is 0 Å². The fraction of sp³-hybridized carbons (Fsp3) is 0.647. The third-order valence-corrected chi connectivity index (χ3v) is 6.69. The Morgan fingerprint density at radius 2 is 2.09 bits per heavy atom. The maximum absolute atomic E-state index is 12.0. The van der Waals surface area contributed by atoms with Crippen LogP contribution in [0.3, 0.4) is 0 Å². The first-order valence-electron chi connectivity index (χ1n) is 8.42. The van der Waals surface area contributed by atoms with Crippen LogP contribution in [0.4, 0.5) is 4.79 Å². The number of thiophene rings is 1. The summed E-state index contributed by atoms with van der Waals surface area (Å²) in [7, 11) is 0. The summed E-state index contributed by atoms with van der Waals surface area (Å²) in [6.07, 6.45) is 4.31. The Balaban J connectivity index is 1.58. The molecule has 5 nitrogen and oxygen atoms in total. The SMILES string of the molecule is CCc1sc(C(C)NC2CCC3(CC2)NC(=O)NC3=O)cc1C. The third-order valence-electron chi connectivity index (χ3n) is 5.13. The van der Waals surface area contributed by atoms with Crippen LogP contribution in [-0.2, 0) is 11.2 Å². The summed E-state index contributed by atoms with van der Waals surface area (Å²) in [6.45, 7) is 6.58. The van der Waals surface area contributed by atoms with Crippen molar-refractivity contribution in [2.45, 2.75) is 70.5 Å². The summed E-state index contributed by atoms with van der Waals surface area (Å²) in [5, 5.41) is 8.88. The lowest BCUT2D eigenvalue weighted by Gasteiger charge is -2.36. The zero-order valence-corrected chi connectivity index (χ0v) is 14.8. The molecule has 1 atom stereocenters. The molecule has 23 heavy (non-hydrogen) atoms. The van der Waals surface area contributed by atoms with Crippen molar-refractivity contribution in [2.75, 3.05) is 0 Å². The van der Waals surface area contributed by atoms with E-state index in [0.717, 1.165) is 19.3 Å². The van der Waals surface area contributed by atoms with Gasteiger partial charge in [-0.3, -0.25) is 10.1 Å². The van der Waals surface area contributed by atoms with Gasteiger partial charge in [0.05, 0.1) is 0 Å². The Bertz CT molecular complexity index is 617. The van der Waals surface area contributed by atoms with Gasteiger partial charge in [0.1, 0.15) is 5.54 Å². The zero-order chi connectivity index (χ0) is 16.6. The molecular formula is C17H25N3O2S. The molecule has 1 aliphatic heterocycles. The minimum atomic E-state index is -0.659. The van der Waals surface area contributed by atoms with Crippen molar-refractivity contribution < 1.29 is 9.59 Å². The van der Waals surface area contributed by atoms with E-state index in [1.54, 1.807) is 0 Å². The fourth-order valence-electron chi connectivity index (χ4n) is 3.70. The number of carbonyl (C=O) groups excluding carboxylic acids is 2. The normalized spacial score (nSPS) is 28.7. The van der Waals surface area contributed by atoms with E-state index in [1.807, 2.05) is 11.3 Å². The van der Waals surface area contributed by atoms with Crippen LogP contribution in [0.1, 0.15) is 60.9 Å². The van der Waals surface area contributed by atoms with Gasteiger partial charge in [0.2, 0.25) is 0 Å². The summed E-state index contributed by atoms with van der Waals surface area (Å²) in [5.41, 5.74) is 0.724. The monoisotopic (exact) mass is 335 g/mol. The molecule has 1 aromatic heterocycles. The number of imide groups is 1. The topological polar surface area (TPSA) is 70.2 Å². The van der Waals surface area contributed by atoms with Crippen molar-refractivity contribution in [3.63, 3.8) is 0 Å². The summed E-state index contributed by atoms with van der Waals surface area (Å²) in [5.74, 6) is -0.157. The molecule has 3 rings (SSSR count). The zero-order valence-electron chi connectivity index (χ0n) is 14.0. The van der Waals surface area contributed by atoms with Crippen LogP contribution in [0.5, 0.6) is 0 Å². The highest BCUT2D eigenvalue weighted by Gasteiger charge is 2.48. The van der Waals surface area contributed by atoms with Crippen LogP contribution in [0, 0.1) is 6.92 Å². The van der Waals surface area contributed by atoms with E-state index in [9.17, 15) is 9.59 Å². The molecule has 6 heteroatoms. The number of urea groups is 1. The van der Waals surface area contributed by atoms with Gasteiger partial charge in [-0.05, 0) is 57.6 Å². The van der Waals surface area contributed by atoms with Gasteiger partial charge in [-0.15, -0.1) is 11.3 Å². The Morgan fingerprint density at radius 3 is 2.61 bits per heavy atom. The molecule has 1 saturated heterocycles. The van der Waals surface area contributed by atoms with Crippen molar-refractivity contribution in [2.24, 2.45) is 0 Å². The Kier molecular flexibility index (Phi) is 4.47. The van der Waals surface area contributed by atoms with Gasteiger partial charge in [0.15, 0.2) is 0 Å². The van der Waals surface area contributed by atoms with Crippen molar-refractivity contribution in [1.82, 2.24) is 16.0 Å². The molecule has 126 valence electrons. The third kappa shape index (κ3) is 3.15. The highest BCUT2D eigenvalue weighted by molar-refractivity contribution is 7.12. The summed E-state index contributed by atoms with van der Waals surface area (Å²) >= 11 is 1.89. The molecule has 1 aliphatic carbocycles. The van der Waals surface area contributed by atoms with Gasteiger partial charge < -0.3 is 10.6 Å². The van der Waals surface area contributed by atoms with Crippen molar-refractivity contribution in [3.8, 4) is 0 Å². The number of aryl methyl sites for hydroxylation is 2. The predicted octanol–water partition coefficient (Wildman–Crippen LogP) is 2.79. The van der Waals surface area contributed by atoms with E-state index in [4.69, 9.17) is 0 Å². The van der Waals surface area contributed by atoms with Gasteiger partial charge in [0, 0.05) is 21.8 Å². The number of rotatable bonds is 4. The van der Waals surface area contributed by atoms with Crippen LogP contribution >= 0.6 is 11.3 Å². The lowest BCUT2D eigenvalue weighted by molar-refractivity contribution is -0.125. The molecule has 1 spiro atoms. The van der Waals surface area contributed by atoms with Gasteiger partial charge >= 0.3 is 6.03 Å². The molecule has 2 heterocycles. The van der Waals surface area contributed by atoms with E-state index in [-0.39, 0.29) is 11.9 Å². The molecule has 2 aliphatic rings. The molecule has 1 aromatic rings. The van der Waals surface area contributed by atoms with Crippen LogP contribution in [0.2, 0.25) is 0 Å². The fourth-order valence-corrected chi connectivity index (χ4v) is 4.83. The maximum atomic E-state index is 12.0. The average Bonchev–Trinajstić information content (AvgIpc) is 3.02. The standard InChI is InChI=1S/C17H25N3O2S/c1-4-13-10(2)9-14(23-13)11(3)18-12-5-7-17(8-6-12)15(21)19-16(22)20-17/h9,11-12,18H,4-8H2,1-3H3,(H2,19,20,21,22). The molecule has 3 amide bonds. The molecule has 1 unspecified atom stereocenters. The largest absolute Gasteiger partial charge is 0.323 e. The number of hydrogen-bond donors (Lipinski definition) is 3. The Hall–Kier alpha value is -1.40. The number of amides is 3. The average molecular weight is 335 g/mol. The van der Waals surface area contributed by atoms with Crippen LogP contribution in [0.15, 0.2) is 6.07 Å². The second kappa shape index (κ2) is 6.24. The van der Waals surface area contributed by atoms with Crippen molar-refractivity contribution in [1.29, 1.82) is 0 Å². The van der Waals surface area contributed by atoms with E-state index < -0.39 is 5.54 Å². The second-order valence-electron chi connectivity index (χ2n) is 6.76. The van der Waals surface area contributed by atoms with E-state index >= 15 is 0 Å². The van der Waals surface area contributed by atoms with Gasteiger partial charge in [0.25, 0.3) is 5.91 Å². The highest BCUT2D eigenvalue weighted by Crippen LogP contribution is 2.33. The molecule has 0 bridgehead atoms. The number of hydrogen-bond acceptors (Lipinski definition) is 4. The summed E-state index contributed by atoms with van der Waals surface area (Å²) < 4.78 is 0. The second-order valence-corrected chi connectivity index (χ2v) is 7.93. The molecule has 0 aromatic carbocycles. The number of carbonyl (C=O) groups is 2. The first kappa shape index (κ1) is 16.5. The lowest BCUT2D eigenvalue weighted by atomic mass is 9.79. The molecule has 0 radical (unpaired) electrons. The van der Waals surface area contributed by atoms with Crippen LogP contribution < -0.4 is 16.0 Å². The smallest absolute Gasteiger partial charge is 0.322 e. The predicted molar refractivity (Wildman–Crippen MR) is 91.6 cm³/mol. The van der Waals surface area contributed by atoms with E-state index in [2.05, 4.69) is 42.8 Å². The molecule has 3 N–H and O–H groups in total. The molecule has 1 saturated carbocycles. The van der Waals surface area contributed by atoms with Crippen LogP contribution in [-0.4, -0.2) is 23.5 Å². The minimum Gasteiger partial charge on any atom is -0.323 e. The summed E-state index contributed by atoms with van der Waals surface area (Å²) in [6, 6.07) is 2.66. The van der Waals surface area contributed by atoms with E-state index in [0.29, 0.717) is 24.9 Å². The van der Waals surface area contributed by atoms with Gasteiger partial charge in [-0.1, -0.05) is 6.92 Å². The molecule has 2 fully saturated rings. The lowest BCUT2D eigenvalue weighted by Crippen LogP contribution is -2.52. The van der Waals surface area contributed by atoms with E-state index in [1.165, 1.54) is 15.3 Å². The first-order chi connectivity index (χ1) is 10.9. The quantitative estimate of drug-likeness (QED) is 0.741. The Morgan fingerprint density at radius 1 is 1.39 bits per heavy atom. The van der Waals surface area contributed by atoms with Gasteiger partial charge in [-0.2, -0.15) is 0 Å². The number of nitrogens with one attached hydrogen (secondary N) is 3. The Labute approximate surface area is 141 Å². The first-order valence-corrected chi connectivity index (χ1v) is 9.24. The summed E-state index contributed by atoms with van der Waals surface area (Å²) in [4.78, 5) is 26.2. The van der Waals surface area contributed by atoms with Gasteiger partial charge in [-0.25, -0.2) is 4.79 Å². The highest BCUT2D eigenvalue weighted by atomic mass is 32.1. The van der Waals surface area contributed by atoms with Crippen molar-refractivity contribution >= 4 is 23.3 Å². The van der Waals surface area contributed by atoms with Crippen molar-refractivity contribution in [3.05, 3.63) is 21.4 Å². The maximum Gasteiger partial charge on any atom is 0.322 e.